The van der Waals surface area contributed by atoms with Gasteiger partial charge in [0.1, 0.15) is 29.6 Å². The highest BCUT2D eigenvalue weighted by atomic mass is 19.1. The lowest BCUT2D eigenvalue weighted by Gasteiger charge is -2.18. The van der Waals surface area contributed by atoms with Gasteiger partial charge in [0.05, 0.1) is 19.1 Å². The van der Waals surface area contributed by atoms with E-state index in [4.69, 9.17) is 14.2 Å². The van der Waals surface area contributed by atoms with Crippen LogP contribution < -0.4 is 9.47 Å². The highest BCUT2D eigenvalue weighted by Crippen LogP contribution is 2.42. The van der Waals surface area contributed by atoms with Crippen molar-refractivity contribution in [2.75, 3.05) is 13.2 Å². The third-order valence-electron chi connectivity index (χ3n) is 7.18. The second kappa shape index (κ2) is 11.4. The SMILES string of the molecule is CC#C[C@@H](CC(C)=O)c1ccc(O[C@@H]2CCc3c(-c4ccc(O[C@@H]5CCOC5)nc4C)ccc(F)c32)cc1. The summed E-state index contributed by atoms with van der Waals surface area (Å²) in [5.74, 6) is 6.98. The average molecular weight is 514 g/mol. The van der Waals surface area contributed by atoms with E-state index in [9.17, 15) is 4.79 Å². The monoisotopic (exact) mass is 513 g/mol. The molecule has 0 bridgehead atoms. The van der Waals surface area contributed by atoms with E-state index in [1.807, 2.05) is 49.4 Å². The first-order valence-electron chi connectivity index (χ1n) is 13.1. The first-order valence-corrected chi connectivity index (χ1v) is 13.1. The van der Waals surface area contributed by atoms with Crippen LogP contribution in [-0.4, -0.2) is 30.1 Å². The molecular formula is C32H32FNO4. The molecule has 2 heterocycles. The van der Waals surface area contributed by atoms with Crippen LogP contribution in [0.5, 0.6) is 11.6 Å². The van der Waals surface area contributed by atoms with Crippen LogP contribution in [0.1, 0.15) is 67.5 Å². The van der Waals surface area contributed by atoms with Crippen molar-refractivity contribution in [3.05, 3.63) is 76.7 Å². The Kier molecular flexibility index (Phi) is 7.76. The molecule has 3 atom stereocenters. The molecule has 196 valence electrons. The molecule has 6 heteroatoms. The van der Waals surface area contributed by atoms with Crippen molar-refractivity contribution in [3.8, 4) is 34.6 Å². The van der Waals surface area contributed by atoms with Crippen molar-refractivity contribution in [1.29, 1.82) is 0 Å². The second-order valence-electron chi connectivity index (χ2n) is 9.94. The Hall–Kier alpha value is -3.69. The number of benzene rings is 2. The normalized spacial score (nSPS) is 18.8. The lowest BCUT2D eigenvalue weighted by molar-refractivity contribution is -0.117. The summed E-state index contributed by atoms with van der Waals surface area (Å²) in [5, 5.41) is 0. The summed E-state index contributed by atoms with van der Waals surface area (Å²) in [6.45, 7) is 6.61. The number of halogens is 1. The Morgan fingerprint density at radius 3 is 2.58 bits per heavy atom. The molecule has 1 aromatic heterocycles. The summed E-state index contributed by atoms with van der Waals surface area (Å²) in [6, 6.07) is 14.9. The molecule has 1 aliphatic heterocycles. The Morgan fingerprint density at radius 2 is 1.89 bits per heavy atom. The van der Waals surface area contributed by atoms with E-state index in [0.717, 1.165) is 40.8 Å². The molecule has 2 aromatic carbocycles. The number of ketones is 1. The van der Waals surface area contributed by atoms with Gasteiger partial charge in [0.2, 0.25) is 5.88 Å². The van der Waals surface area contributed by atoms with E-state index >= 15 is 4.39 Å². The van der Waals surface area contributed by atoms with Crippen molar-refractivity contribution >= 4 is 5.78 Å². The molecule has 0 N–H and O–H groups in total. The van der Waals surface area contributed by atoms with Crippen molar-refractivity contribution in [2.24, 2.45) is 0 Å². The predicted molar refractivity (Wildman–Crippen MR) is 144 cm³/mol. The number of hydrogen-bond acceptors (Lipinski definition) is 5. The van der Waals surface area contributed by atoms with Gasteiger partial charge in [-0.15, -0.1) is 5.92 Å². The molecule has 0 unspecified atom stereocenters. The van der Waals surface area contributed by atoms with Gasteiger partial charge in [0.25, 0.3) is 0 Å². The molecule has 2 aliphatic rings. The highest BCUT2D eigenvalue weighted by Gasteiger charge is 2.31. The lowest BCUT2D eigenvalue weighted by atomic mass is 9.94. The maximum atomic E-state index is 15.1. The zero-order chi connectivity index (χ0) is 26.6. The molecule has 0 spiro atoms. The van der Waals surface area contributed by atoms with Crippen LogP contribution in [0.25, 0.3) is 11.1 Å². The van der Waals surface area contributed by atoms with E-state index in [2.05, 4.69) is 16.8 Å². The number of rotatable bonds is 8. The van der Waals surface area contributed by atoms with Gasteiger partial charge in [0, 0.05) is 35.7 Å². The molecule has 38 heavy (non-hydrogen) atoms. The fourth-order valence-electron chi connectivity index (χ4n) is 5.37. The van der Waals surface area contributed by atoms with Gasteiger partial charge in [-0.2, -0.15) is 0 Å². The molecule has 1 aliphatic carbocycles. The molecule has 3 aromatic rings. The van der Waals surface area contributed by atoms with Gasteiger partial charge in [-0.1, -0.05) is 24.1 Å². The topological polar surface area (TPSA) is 57.7 Å². The minimum atomic E-state index is -0.377. The van der Waals surface area contributed by atoms with Gasteiger partial charge < -0.3 is 14.2 Å². The smallest absolute Gasteiger partial charge is 0.213 e. The summed E-state index contributed by atoms with van der Waals surface area (Å²) in [4.78, 5) is 16.3. The third kappa shape index (κ3) is 5.58. The minimum Gasteiger partial charge on any atom is -0.486 e. The summed E-state index contributed by atoms with van der Waals surface area (Å²) in [5.41, 5.74) is 5.34. The molecule has 5 rings (SSSR count). The first-order chi connectivity index (χ1) is 18.4. The molecule has 5 nitrogen and oxygen atoms in total. The van der Waals surface area contributed by atoms with Crippen molar-refractivity contribution in [1.82, 2.24) is 4.98 Å². The van der Waals surface area contributed by atoms with Gasteiger partial charge in [-0.05, 0) is 74.6 Å². The number of hydrogen-bond donors (Lipinski definition) is 0. The number of fused-ring (bicyclic) bond motifs is 1. The summed E-state index contributed by atoms with van der Waals surface area (Å²) in [7, 11) is 0. The van der Waals surface area contributed by atoms with Crippen LogP contribution in [-0.2, 0) is 16.0 Å². The Labute approximate surface area is 223 Å². The molecular weight excluding hydrogens is 481 g/mol. The summed E-state index contributed by atoms with van der Waals surface area (Å²) in [6.07, 6.45) is 2.31. The molecule has 0 saturated carbocycles. The number of carbonyl (C=O) groups is 1. The molecule has 1 fully saturated rings. The second-order valence-corrected chi connectivity index (χ2v) is 9.94. The van der Waals surface area contributed by atoms with E-state index in [-0.39, 0.29) is 29.7 Å². The largest absolute Gasteiger partial charge is 0.486 e. The number of aryl methyl sites for hydroxylation is 1. The zero-order valence-electron chi connectivity index (χ0n) is 22.1. The fourth-order valence-corrected chi connectivity index (χ4v) is 5.37. The number of nitrogens with zero attached hydrogens (tertiary/aromatic N) is 1. The fraction of sp³-hybridized carbons (Fsp3) is 0.375. The maximum Gasteiger partial charge on any atom is 0.213 e. The lowest BCUT2D eigenvalue weighted by Crippen LogP contribution is -2.16. The van der Waals surface area contributed by atoms with Crippen molar-refractivity contribution in [2.45, 2.75) is 64.6 Å². The number of ether oxygens (including phenoxy) is 3. The number of carbonyl (C=O) groups excluding carboxylic acids is 1. The Bertz CT molecular complexity index is 1380. The van der Waals surface area contributed by atoms with Gasteiger partial charge in [-0.25, -0.2) is 9.37 Å². The number of Topliss-reactive ketones (excluding diaryl/α,β-unsaturated/α-hetero) is 1. The van der Waals surface area contributed by atoms with E-state index in [1.54, 1.807) is 13.8 Å². The summed E-state index contributed by atoms with van der Waals surface area (Å²) < 4.78 is 32.8. The van der Waals surface area contributed by atoms with Crippen LogP contribution >= 0.6 is 0 Å². The standard InChI is InChI=1S/C32H32FNO4/c1-4-5-23(18-20(2)35)22-6-8-24(9-7-22)37-30-14-11-28-27(10-13-29(33)32(28)30)26-12-15-31(34-21(26)3)38-25-16-17-36-19-25/h6-10,12-13,15,23,25,30H,11,14,16-19H2,1-3H3/t23-,25+,30+/m0/s1. The molecule has 0 radical (unpaired) electrons. The van der Waals surface area contributed by atoms with Gasteiger partial charge in [-0.3, -0.25) is 4.79 Å². The van der Waals surface area contributed by atoms with Gasteiger partial charge in [0.15, 0.2) is 0 Å². The van der Waals surface area contributed by atoms with Crippen LogP contribution in [0.2, 0.25) is 0 Å². The van der Waals surface area contributed by atoms with E-state index in [1.165, 1.54) is 6.07 Å². The third-order valence-corrected chi connectivity index (χ3v) is 7.18. The van der Waals surface area contributed by atoms with Crippen molar-refractivity contribution < 1.29 is 23.4 Å². The van der Waals surface area contributed by atoms with Crippen LogP contribution in [0.4, 0.5) is 4.39 Å². The van der Waals surface area contributed by atoms with Crippen LogP contribution in [0, 0.1) is 24.6 Å². The zero-order valence-corrected chi connectivity index (χ0v) is 22.1. The number of pyridine rings is 1. The first kappa shape index (κ1) is 25.9. The van der Waals surface area contributed by atoms with Gasteiger partial charge >= 0.3 is 0 Å². The highest BCUT2D eigenvalue weighted by molar-refractivity contribution is 5.77. The minimum absolute atomic E-state index is 0.0365. The number of aromatic nitrogens is 1. The molecule has 0 amide bonds. The van der Waals surface area contributed by atoms with E-state index in [0.29, 0.717) is 43.2 Å². The quantitative estimate of drug-likeness (QED) is 0.321. The average Bonchev–Trinajstić information content (AvgIpc) is 3.56. The Balaban J connectivity index is 1.36. The maximum absolute atomic E-state index is 15.1. The van der Waals surface area contributed by atoms with Crippen molar-refractivity contribution in [3.63, 3.8) is 0 Å². The van der Waals surface area contributed by atoms with Crippen LogP contribution in [0.3, 0.4) is 0 Å². The summed E-state index contributed by atoms with van der Waals surface area (Å²) >= 11 is 0. The Morgan fingerprint density at radius 1 is 1.11 bits per heavy atom. The van der Waals surface area contributed by atoms with E-state index < -0.39 is 0 Å². The molecule has 1 saturated heterocycles. The van der Waals surface area contributed by atoms with Crippen LogP contribution in [0.15, 0.2) is 48.5 Å². The predicted octanol–water partition coefficient (Wildman–Crippen LogP) is 6.52.